The number of likely N-dealkylation sites (tertiary alicyclic amines) is 1. The SMILES string of the molecule is Cc1ccccc1OCCC(=O)N1CCCC1c1ccc(C(N)=O)s1. The second-order valence-corrected chi connectivity index (χ2v) is 7.29. The van der Waals surface area contributed by atoms with Crippen LogP contribution in [0.5, 0.6) is 5.75 Å². The number of thiophene rings is 1. The predicted octanol–water partition coefficient (Wildman–Crippen LogP) is 3.29. The molecular weight excluding hydrogens is 336 g/mol. The smallest absolute Gasteiger partial charge is 0.258 e. The lowest BCUT2D eigenvalue weighted by Gasteiger charge is -2.24. The summed E-state index contributed by atoms with van der Waals surface area (Å²) < 4.78 is 5.74. The molecule has 2 heterocycles. The van der Waals surface area contributed by atoms with E-state index in [9.17, 15) is 9.59 Å². The lowest BCUT2D eigenvalue weighted by Crippen LogP contribution is -2.31. The van der Waals surface area contributed by atoms with Gasteiger partial charge in [0.1, 0.15) is 5.75 Å². The van der Waals surface area contributed by atoms with Gasteiger partial charge in [-0.15, -0.1) is 11.3 Å². The first-order chi connectivity index (χ1) is 12.1. The Bertz CT molecular complexity index is 772. The third kappa shape index (κ3) is 4.02. The second kappa shape index (κ2) is 7.70. The number of amides is 2. The molecule has 2 N–H and O–H groups in total. The molecular formula is C19H22N2O3S. The van der Waals surface area contributed by atoms with E-state index in [4.69, 9.17) is 10.5 Å². The molecule has 25 heavy (non-hydrogen) atoms. The van der Waals surface area contributed by atoms with E-state index in [1.54, 1.807) is 6.07 Å². The van der Waals surface area contributed by atoms with Crippen LogP contribution in [-0.2, 0) is 4.79 Å². The van der Waals surface area contributed by atoms with Gasteiger partial charge in [0, 0.05) is 11.4 Å². The van der Waals surface area contributed by atoms with Crippen LogP contribution in [0.25, 0.3) is 0 Å². The molecule has 1 aliphatic heterocycles. The van der Waals surface area contributed by atoms with Gasteiger partial charge in [0.15, 0.2) is 0 Å². The summed E-state index contributed by atoms with van der Waals surface area (Å²) in [4.78, 5) is 27.4. The third-order valence-electron chi connectivity index (χ3n) is 4.44. The number of hydrogen-bond acceptors (Lipinski definition) is 4. The number of para-hydroxylation sites is 1. The Labute approximate surface area is 151 Å². The number of ether oxygens (including phenoxy) is 1. The predicted molar refractivity (Wildman–Crippen MR) is 97.8 cm³/mol. The average Bonchev–Trinajstić information content (AvgIpc) is 3.25. The van der Waals surface area contributed by atoms with E-state index in [1.807, 2.05) is 42.2 Å². The Hall–Kier alpha value is -2.34. The topological polar surface area (TPSA) is 72.6 Å². The van der Waals surface area contributed by atoms with Crippen LogP contribution in [0.4, 0.5) is 0 Å². The van der Waals surface area contributed by atoms with E-state index >= 15 is 0 Å². The highest BCUT2D eigenvalue weighted by Crippen LogP contribution is 2.36. The van der Waals surface area contributed by atoms with Gasteiger partial charge in [-0.3, -0.25) is 9.59 Å². The molecule has 2 amide bonds. The van der Waals surface area contributed by atoms with Crippen molar-refractivity contribution in [3.63, 3.8) is 0 Å². The lowest BCUT2D eigenvalue weighted by atomic mass is 10.2. The fourth-order valence-electron chi connectivity index (χ4n) is 3.14. The summed E-state index contributed by atoms with van der Waals surface area (Å²) in [5, 5.41) is 0. The highest BCUT2D eigenvalue weighted by atomic mass is 32.1. The van der Waals surface area contributed by atoms with Gasteiger partial charge >= 0.3 is 0 Å². The van der Waals surface area contributed by atoms with Crippen molar-refractivity contribution in [3.8, 4) is 5.75 Å². The summed E-state index contributed by atoms with van der Waals surface area (Å²) >= 11 is 1.38. The monoisotopic (exact) mass is 358 g/mol. The third-order valence-corrected chi connectivity index (χ3v) is 5.64. The highest BCUT2D eigenvalue weighted by molar-refractivity contribution is 7.14. The van der Waals surface area contributed by atoms with E-state index in [2.05, 4.69) is 0 Å². The number of carbonyl (C=O) groups is 2. The number of hydrogen-bond donors (Lipinski definition) is 1. The number of benzene rings is 1. The molecule has 1 aromatic carbocycles. The molecule has 132 valence electrons. The van der Waals surface area contributed by atoms with Gasteiger partial charge in [-0.05, 0) is 43.5 Å². The molecule has 6 heteroatoms. The second-order valence-electron chi connectivity index (χ2n) is 6.18. The molecule has 1 aliphatic rings. The van der Waals surface area contributed by atoms with Gasteiger partial charge < -0.3 is 15.4 Å². The van der Waals surface area contributed by atoms with Crippen LogP contribution < -0.4 is 10.5 Å². The van der Waals surface area contributed by atoms with Crippen molar-refractivity contribution in [2.24, 2.45) is 5.73 Å². The van der Waals surface area contributed by atoms with E-state index in [0.717, 1.165) is 35.6 Å². The van der Waals surface area contributed by atoms with Gasteiger partial charge in [0.25, 0.3) is 5.91 Å². The molecule has 0 aliphatic carbocycles. The normalized spacial score (nSPS) is 16.8. The zero-order valence-corrected chi connectivity index (χ0v) is 15.1. The quantitative estimate of drug-likeness (QED) is 0.861. The van der Waals surface area contributed by atoms with Crippen LogP contribution in [0.3, 0.4) is 0 Å². The summed E-state index contributed by atoms with van der Waals surface area (Å²) in [6.07, 6.45) is 2.24. The van der Waals surface area contributed by atoms with Crippen LogP contribution in [0.2, 0.25) is 0 Å². The summed E-state index contributed by atoms with van der Waals surface area (Å²) in [7, 11) is 0. The van der Waals surface area contributed by atoms with Crippen LogP contribution >= 0.6 is 11.3 Å². The van der Waals surface area contributed by atoms with Crippen molar-refractivity contribution in [2.45, 2.75) is 32.2 Å². The van der Waals surface area contributed by atoms with Gasteiger partial charge in [-0.25, -0.2) is 0 Å². The number of nitrogens with zero attached hydrogens (tertiary/aromatic N) is 1. The zero-order chi connectivity index (χ0) is 17.8. The molecule has 1 atom stereocenters. The summed E-state index contributed by atoms with van der Waals surface area (Å²) in [6, 6.07) is 11.5. The molecule has 0 bridgehead atoms. The van der Waals surface area contributed by atoms with Crippen LogP contribution in [-0.4, -0.2) is 29.9 Å². The minimum absolute atomic E-state index is 0.0454. The van der Waals surface area contributed by atoms with Crippen molar-refractivity contribution in [2.75, 3.05) is 13.2 Å². The molecule has 1 aromatic heterocycles. The summed E-state index contributed by atoms with van der Waals surface area (Å²) in [5.41, 5.74) is 6.39. The Balaban J connectivity index is 1.59. The molecule has 3 rings (SSSR count). The molecule has 0 saturated carbocycles. The average molecular weight is 358 g/mol. The Kier molecular flexibility index (Phi) is 5.38. The summed E-state index contributed by atoms with van der Waals surface area (Å²) in [6.45, 7) is 3.10. The lowest BCUT2D eigenvalue weighted by molar-refractivity contribution is -0.132. The standard InChI is InChI=1S/C19H22N2O3S/c1-13-5-2-3-7-15(13)24-12-10-18(22)21-11-4-6-14(21)16-8-9-17(25-16)19(20)23/h2-3,5,7-9,14H,4,6,10-12H2,1H3,(H2,20,23). The zero-order valence-electron chi connectivity index (χ0n) is 14.2. The van der Waals surface area contributed by atoms with Crippen LogP contribution in [0.1, 0.15) is 45.4 Å². The molecule has 2 aromatic rings. The van der Waals surface area contributed by atoms with Crippen molar-refractivity contribution >= 4 is 23.2 Å². The van der Waals surface area contributed by atoms with Crippen molar-refractivity contribution in [1.29, 1.82) is 0 Å². The first-order valence-electron chi connectivity index (χ1n) is 8.43. The number of aryl methyl sites for hydroxylation is 1. The fourth-order valence-corrected chi connectivity index (χ4v) is 4.14. The first kappa shape index (κ1) is 17.5. The van der Waals surface area contributed by atoms with Gasteiger partial charge in [-0.2, -0.15) is 0 Å². The van der Waals surface area contributed by atoms with Crippen LogP contribution in [0, 0.1) is 6.92 Å². The minimum atomic E-state index is -0.418. The van der Waals surface area contributed by atoms with E-state index in [-0.39, 0.29) is 11.9 Å². The van der Waals surface area contributed by atoms with E-state index in [1.165, 1.54) is 11.3 Å². The minimum Gasteiger partial charge on any atom is -0.493 e. The fraction of sp³-hybridized carbons (Fsp3) is 0.368. The molecule has 5 nitrogen and oxygen atoms in total. The van der Waals surface area contributed by atoms with Crippen molar-refractivity contribution in [1.82, 2.24) is 4.90 Å². The molecule has 1 unspecified atom stereocenters. The number of rotatable bonds is 6. The number of nitrogens with two attached hydrogens (primary N) is 1. The van der Waals surface area contributed by atoms with Gasteiger partial charge in [0.2, 0.25) is 5.91 Å². The van der Waals surface area contributed by atoms with Gasteiger partial charge in [0.05, 0.1) is 23.9 Å². The van der Waals surface area contributed by atoms with E-state index in [0.29, 0.717) is 17.9 Å². The Morgan fingerprint density at radius 1 is 1.28 bits per heavy atom. The largest absolute Gasteiger partial charge is 0.493 e. The molecule has 0 radical (unpaired) electrons. The highest BCUT2D eigenvalue weighted by Gasteiger charge is 2.31. The van der Waals surface area contributed by atoms with Gasteiger partial charge in [-0.1, -0.05) is 18.2 Å². The van der Waals surface area contributed by atoms with Crippen molar-refractivity contribution in [3.05, 3.63) is 51.7 Å². The summed E-state index contributed by atoms with van der Waals surface area (Å²) in [5.74, 6) is 0.487. The molecule has 1 saturated heterocycles. The number of primary amides is 1. The maximum absolute atomic E-state index is 12.6. The number of carbonyl (C=O) groups excluding carboxylic acids is 2. The maximum Gasteiger partial charge on any atom is 0.258 e. The molecule has 0 spiro atoms. The maximum atomic E-state index is 12.6. The molecule has 1 fully saturated rings. The Morgan fingerprint density at radius 2 is 2.08 bits per heavy atom. The first-order valence-corrected chi connectivity index (χ1v) is 9.25. The van der Waals surface area contributed by atoms with Crippen molar-refractivity contribution < 1.29 is 14.3 Å². The van der Waals surface area contributed by atoms with Crippen LogP contribution in [0.15, 0.2) is 36.4 Å². The Morgan fingerprint density at radius 3 is 2.80 bits per heavy atom. The van der Waals surface area contributed by atoms with E-state index < -0.39 is 5.91 Å².